The first kappa shape index (κ1) is 22.8. The Morgan fingerprint density at radius 1 is 1.12 bits per heavy atom. The van der Waals surface area contributed by atoms with E-state index in [0.717, 1.165) is 19.5 Å². The van der Waals surface area contributed by atoms with Crippen molar-refractivity contribution >= 4 is 23.4 Å². The lowest BCUT2D eigenvalue weighted by atomic mass is 9.84. The van der Waals surface area contributed by atoms with Gasteiger partial charge in [0.2, 0.25) is 11.8 Å². The molecule has 2 fully saturated rings. The number of hydrogen-bond donors (Lipinski definition) is 2. The number of amides is 3. The number of hydrogen-bond acceptors (Lipinski definition) is 4. The smallest absolute Gasteiger partial charge is 0.253 e. The highest BCUT2D eigenvalue weighted by atomic mass is 16.2. The second-order valence-corrected chi connectivity index (χ2v) is 8.91. The van der Waals surface area contributed by atoms with Crippen LogP contribution in [0.25, 0.3) is 0 Å². The maximum atomic E-state index is 12.8. The molecule has 3 amide bonds. The van der Waals surface area contributed by atoms with E-state index in [1.54, 1.807) is 17.0 Å². The van der Waals surface area contributed by atoms with Crippen molar-refractivity contribution in [1.82, 2.24) is 15.5 Å². The number of rotatable bonds is 8. The topological polar surface area (TPSA) is 81.8 Å². The minimum atomic E-state index is -0.668. The highest BCUT2D eigenvalue weighted by Crippen LogP contribution is 2.40. The Bertz CT molecular complexity index is 982. The average Bonchev–Trinajstić information content (AvgIpc) is 3.43. The lowest BCUT2D eigenvalue weighted by Crippen LogP contribution is -2.42. The Balaban J connectivity index is 1.26. The quantitative estimate of drug-likeness (QED) is 0.608. The van der Waals surface area contributed by atoms with Gasteiger partial charge >= 0.3 is 0 Å². The van der Waals surface area contributed by atoms with E-state index in [2.05, 4.69) is 34.6 Å². The zero-order valence-corrected chi connectivity index (χ0v) is 19.1. The normalized spacial score (nSPS) is 21.8. The molecule has 0 bridgehead atoms. The summed E-state index contributed by atoms with van der Waals surface area (Å²) in [5, 5.41) is 5.85. The lowest BCUT2D eigenvalue weighted by Gasteiger charge is -2.23. The molecule has 2 aliphatic heterocycles. The van der Waals surface area contributed by atoms with E-state index in [1.165, 1.54) is 5.69 Å². The number of benzene rings is 2. The van der Waals surface area contributed by atoms with E-state index in [0.29, 0.717) is 38.0 Å². The minimum absolute atomic E-state index is 0.0629. The molecule has 1 spiro atoms. The van der Waals surface area contributed by atoms with E-state index in [4.69, 9.17) is 0 Å². The van der Waals surface area contributed by atoms with Gasteiger partial charge in [0.1, 0.15) is 6.04 Å². The van der Waals surface area contributed by atoms with E-state index >= 15 is 0 Å². The van der Waals surface area contributed by atoms with Crippen LogP contribution in [0.2, 0.25) is 0 Å². The SMILES string of the molecule is CCN(CCCNC(=O)[C@@H]1C[C@@]2(CCN(C(=O)c3ccccc3)C2)C(=O)N1)c1ccccc1. The predicted molar refractivity (Wildman–Crippen MR) is 128 cm³/mol. The first-order chi connectivity index (χ1) is 16.0. The summed E-state index contributed by atoms with van der Waals surface area (Å²) in [6, 6.07) is 18.8. The van der Waals surface area contributed by atoms with Crippen LogP contribution >= 0.6 is 0 Å². The molecule has 0 unspecified atom stereocenters. The Morgan fingerprint density at radius 3 is 2.52 bits per heavy atom. The summed E-state index contributed by atoms with van der Waals surface area (Å²) in [6.45, 7) is 5.31. The van der Waals surface area contributed by atoms with Crippen LogP contribution in [0.4, 0.5) is 5.69 Å². The van der Waals surface area contributed by atoms with Crippen LogP contribution in [-0.2, 0) is 9.59 Å². The third-order valence-electron chi connectivity index (χ3n) is 6.77. The largest absolute Gasteiger partial charge is 0.372 e. The van der Waals surface area contributed by atoms with Crippen molar-refractivity contribution in [3.05, 3.63) is 66.2 Å². The number of nitrogens with zero attached hydrogens (tertiary/aromatic N) is 2. The van der Waals surface area contributed by atoms with Crippen molar-refractivity contribution < 1.29 is 14.4 Å². The van der Waals surface area contributed by atoms with Crippen LogP contribution in [0.3, 0.4) is 0 Å². The molecule has 0 aliphatic carbocycles. The van der Waals surface area contributed by atoms with Gasteiger partial charge in [-0.25, -0.2) is 0 Å². The fourth-order valence-electron chi connectivity index (χ4n) is 4.88. The maximum Gasteiger partial charge on any atom is 0.253 e. The van der Waals surface area contributed by atoms with Crippen LogP contribution in [0.5, 0.6) is 0 Å². The Kier molecular flexibility index (Phi) is 6.96. The molecule has 2 saturated heterocycles. The van der Waals surface area contributed by atoms with Crippen LogP contribution < -0.4 is 15.5 Å². The van der Waals surface area contributed by atoms with Gasteiger partial charge in [0, 0.05) is 44.0 Å². The van der Waals surface area contributed by atoms with Crippen molar-refractivity contribution in [2.75, 3.05) is 37.6 Å². The lowest BCUT2D eigenvalue weighted by molar-refractivity contribution is -0.128. The van der Waals surface area contributed by atoms with E-state index in [9.17, 15) is 14.4 Å². The number of likely N-dealkylation sites (tertiary alicyclic amines) is 1. The van der Waals surface area contributed by atoms with Crippen molar-refractivity contribution in [1.29, 1.82) is 0 Å². The van der Waals surface area contributed by atoms with Crippen molar-refractivity contribution in [3.8, 4) is 0 Å². The van der Waals surface area contributed by atoms with Crippen molar-refractivity contribution in [2.45, 2.75) is 32.2 Å². The fourth-order valence-corrected chi connectivity index (χ4v) is 4.88. The highest BCUT2D eigenvalue weighted by Gasteiger charge is 2.53. The average molecular weight is 449 g/mol. The van der Waals surface area contributed by atoms with E-state index < -0.39 is 11.5 Å². The number of anilines is 1. The molecule has 2 heterocycles. The molecule has 7 nitrogen and oxygen atoms in total. The van der Waals surface area contributed by atoms with Gasteiger partial charge in [-0.15, -0.1) is 0 Å². The van der Waals surface area contributed by atoms with Gasteiger partial charge < -0.3 is 20.4 Å². The first-order valence-corrected chi connectivity index (χ1v) is 11.8. The molecule has 2 N–H and O–H groups in total. The molecule has 2 atom stereocenters. The zero-order chi connectivity index (χ0) is 23.3. The molecular formula is C26H32N4O3. The van der Waals surface area contributed by atoms with Crippen LogP contribution in [0, 0.1) is 5.41 Å². The summed E-state index contributed by atoms with van der Waals surface area (Å²) in [4.78, 5) is 42.3. The molecule has 7 heteroatoms. The van der Waals surface area contributed by atoms with Crippen LogP contribution in [0.15, 0.2) is 60.7 Å². The number of para-hydroxylation sites is 1. The summed E-state index contributed by atoms with van der Waals surface area (Å²) in [5.74, 6) is -0.324. The molecule has 33 heavy (non-hydrogen) atoms. The number of carbonyl (C=O) groups is 3. The monoisotopic (exact) mass is 448 g/mol. The molecule has 2 aliphatic rings. The van der Waals surface area contributed by atoms with E-state index in [-0.39, 0.29) is 17.7 Å². The summed E-state index contributed by atoms with van der Waals surface area (Å²) in [7, 11) is 0. The summed E-state index contributed by atoms with van der Waals surface area (Å²) in [5.41, 5.74) is 1.13. The van der Waals surface area contributed by atoms with Gasteiger partial charge in [-0.05, 0) is 50.5 Å². The second kappa shape index (κ2) is 10.1. The Labute approximate surface area is 195 Å². The first-order valence-electron chi connectivity index (χ1n) is 11.8. The second-order valence-electron chi connectivity index (χ2n) is 8.91. The Morgan fingerprint density at radius 2 is 1.82 bits per heavy atom. The van der Waals surface area contributed by atoms with Crippen LogP contribution in [-0.4, -0.2) is 61.4 Å². The standard InChI is InChI=1S/C26H32N4O3/c1-2-29(21-12-7-4-8-13-21)16-9-15-27-23(31)22-18-26(25(33)28-22)14-17-30(19-26)24(32)20-10-5-3-6-11-20/h3-8,10-13,22H,2,9,14-19H2,1H3,(H,27,31)(H,28,33)/t22-,26+/m0/s1. The molecule has 0 saturated carbocycles. The van der Waals surface area contributed by atoms with Gasteiger partial charge in [-0.3, -0.25) is 14.4 Å². The van der Waals surface area contributed by atoms with Gasteiger partial charge in [-0.2, -0.15) is 0 Å². The predicted octanol–water partition coefficient (Wildman–Crippen LogP) is 2.44. The van der Waals surface area contributed by atoms with Crippen molar-refractivity contribution in [2.24, 2.45) is 5.41 Å². The molecule has 0 aromatic heterocycles. The molecular weight excluding hydrogens is 416 g/mol. The van der Waals surface area contributed by atoms with Gasteiger partial charge in [-0.1, -0.05) is 36.4 Å². The van der Waals surface area contributed by atoms with Gasteiger partial charge in [0.15, 0.2) is 0 Å². The van der Waals surface area contributed by atoms with Gasteiger partial charge in [0.25, 0.3) is 5.91 Å². The maximum absolute atomic E-state index is 12.8. The Hall–Kier alpha value is -3.35. The molecule has 174 valence electrons. The summed E-state index contributed by atoms with van der Waals surface area (Å²) >= 11 is 0. The number of carbonyl (C=O) groups excluding carboxylic acids is 3. The number of nitrogens with one attached hydrogen (secondary N) is 2. The van der Waals surface area contributed by atoms with E-state index in [1.807, 2.05) is 36.4 Å². The molecule has 4 rings (SSSR count). The summed E-state index contributed by atoms with van der Waals surface area (Å²) in [6.07, 6.45) is 1.84. The highest BCUT2D eigenvalue weighted by molar-refractivity contribution is 5.97. The van der Waals surface area contributed by atoms with Crippen molar-refractivity contribution in [3.63, 3.8) is 0 Å². The molecule has 0 radical (unpaired) electrons. The molecule has 2 aromatic rings. The fraction of sp³-hybridized carbons (Fsp3) is 0.423. The zero-order valence-electron chi connectivity index (χ0n) is 19.1. The van der Waals surface area contributed by atoms with Gasteiger partial charge in [0.05, 0.1) is 5.41 Å². The minimum Gasteiger partial charge on any atom is -0.372 e. The molecule has 2 aromatic carbocycles. The van der Waals surface area contributed by atoms with Crippen LogP contribution in [0.1, 0.15) is 36.5 Å². The third kappa shape index (κ3) is 5.02. The summed E-state index contributed by atoms with van der Waals surface area (Å²) < 4.78 is 0. The third-order valence-corrected chi connectivity index (χ3v) is 6.77.